The number of nitrogens with zero attached hydrogens (tertiary/aromatic N) is 4. The monoisotopic (exact) mass is 950 g/mol. The van der Waals surface area contributed by atoms with Crippen molar-refractivity contribution in [2.24, 2.45) is 46.3 Å². The van der Waals surface area contributed by atoms with Crippen LogP contribution in [0.4, 0.5) is 9.59 Å². The summed E-state index contributed by atoms with van der Waals surface area (Å²) in [6.45, 7) is 5.92. The standard InChI is InChI=1S/C33H34N2O2.C20H22N2O4.C8H10/c36-30-33(27-22-28-29(33)32(28,23-27)19-16-24-10-4-1-5-11-24)35(21-18-26-14-8-3-9-15-26)31(37)34(30)20-17-25-12-6-2-7-13-25;1-2-22-18(26)21(9-8-12-6-4-3-5-7-12)16(23)20(22)13-10-14-15(20)19(14,11-13)17(24)25;1-2-8-6-4-3-5-7-8/h1-15,27-29H,16-23H2;3-7,13-15H,2,8-11H2,1H3,(H,24,25);3-7H,2H2,1H3. The zero-order valence-electron chi connectivity index (χ0n) is 41.1. The van der Waals surface area contributed by atoms with Crippen LogP contribution in [0.15, 0.2) is 152 Å². The fourth-order valence-corrected chi connectivity index (χ4v) is 15.8. The third-order valence-corrected chi connectivity index (χ3v) is 18.7. The van der Waals surface area contributed by atoms with Gasteiger partial charge in [0.25, 0.3) is 11.8 Å². The van der Waals surface area contributed by atoms with Gasteiger partial charge in [-0.3, -0.25) is 24.2 Å². The van der Waals surface area contributed by atoms with Crippen LogP contribution < -0.4 is 0 Å². The summed E-state index contributed by atoms with van der Waals surface area (Å²) in [6, 6.07) is 51.3. The molecule has 0 aromatic heterocycles. The van der Waals surface area contributed by atoms with Crippen molar-refractivity contribution in [3.05, 3.63) is 179 Å². The minimum Gasteiger partial charge on any atom is -0.481 e. The van der Waals surface area contributed by atoms with Gasteiger partial charge < -0.3 is 14.9 Å². The molecule has 8 bridgehead atoms. The van der Waals surface area contributed by atoms with E-state index in [1.165, 1.54) is 27.2 Å². The van der Waals surface area contributed by atoms with Gasteiger partial charge in [-0.2, -0.15) is 0 Å². The highest BCUT2D eigenvalue weighted by Gasteiger charge is 2.92. The molecule has 1 N–H and O–H groups in total. The maximum absolute atomic E-state index is 14.3. The zero-order valence-corrected chi connectivity index (χ0v) is 41.1. The number of carbonyl (C=O) groups excluding carboxylic acids is 4. The van der Waals surface area contributed by atoms with Crippen molar-refractivity contribution in [1.29, 1.82) is 0 Å². The van der Waals surface area contributed by atoms with Crippen molar-refractivity contribution in [3.63, 3.8) is 0 Å². The van der Waals surface area contributed by atoms with Crippen LogP contribution in [0.25, 0.3) is 0 Å². The molecule has 15 rings (SSSR count). The smallest absolute Gasteiger partial charge is 0.327 e. The molecule has 10 unspecified atom stereocenters. The highest BCUT2D eigenvalue weighted by Crippen LogP contribution is 2.86. The lowest BCUT2D eigenvalue weighted by Gasteiger charge is -2.35. The number of urea groups is 2. The number of carboxylic acids is 1. The lowest BCUT2D eigenvalue weighted by molar-refractivity contribution is -0.144. The SMILES string of the molecule is CCN1C(=O)N(CCc2ccccc2)C(=O)C12C1CC3C2C3(C(=O)O)C1.CCc1ccccc1.O=C1N(CCc2ccccc2)C(=O)C2(C3CC4C2C4(CCc2ccccc2)C3)N1CCc1ccccc1. The van der Waals surface area contributed by atoms with Gasteiger partial charge in [-0.1, -0.05) is 159 Å². The summed E-state index contributed by atoms with van der Waals surface area (Å²) in [5.74, 6) is 0.218. The van der Waals surface area contributed by atoms with Crippen molar-refractivity contribution in [1.82, 2.24) is 19.6 Å². The number of likely N-dealkylation sites (N-methyl/N-ethyl adjacent to an activating group) is 1. The number of carboxylic acid groups (broad SMARTS) is 1. The van der Waals surface area contributed by atoms with Crippen molar-refractivity contribution < 1.29 is 29.1 Å². The van der Waals surface area contributed by atoms with Gasteiger partial charge in [-0.15, -0.1) is 0 Å². The van der Waals surface area contributed by atoms with Gasteiger partial charge in [-0.05, 0) is 128 Å². The Labute approximate surface area is 418 Å². The fourth-order valence-electron chi connectivity index (χ4n) is 15.8. The third kappa shape index (κ3) is 7.20. The predicted molar refractivity (Wildman–Crippen MR) is 272 cm³/mol. The van der Waals surface area contributed by atoms with Gasteiger partial charge in [0.15, 0.2) is 0 Å². The second-order valence-electron chi connectivity index (χ2n) is 21.6. The predicted octanol–water partition coefficient (Wildman–Crippen LogP) is 10.0. The molecule has 8 saturated carbocycles. The van der Waals surface area contributed by atoms with Crippen LogP contribution in [0.5, 0.6) is 0 Å². The van der Waals surface area contributed by atoms with Gasteiger partial charge in [0.05, 0.1) is 5.41 Å². The van der Waals surface area contributed by atoms with E-state index in [-0.39, 0.29) is 47.0 Å². The Balaban J connectivity index is 0.000000139. The van der Waals surface area contributed by atoms with Gasteiger partial charge in [0, 0.05) is 38.0 Å². The Bertz CT molecular complexity index is 2800. The van der Waals surface area contributed by atoms with Gasteiger partial charge in [0.1, 0.15) is 11.1 Å². The van der Waals surface area contributed by atoms with Crippen molar-refractivity contribution in [2.45, 2.75) is 89.1 Å². The second kappa shape index (κ2) is 18.2. The minimum atomic E-state index is -0.897. The number of carbonyl (C=O) groups is 5. The lowest BCUT2D eigenvalue weighted by atomic mass is 9.86. The summed E-state index contributed by atoms with van der Waals surface area (Å²) in [5, 5.41) is 9.76. The number of aryl methyl sites for hydroxylation is 2. The van der Waals surface area contributed by atoms with Crippen molar-refractivity contribution >= 4 is 29.8 Å². The van der Waals surface area contributed by atoms with Crippen LogP contribution in [-0.4, -0.2) is 91.8 Å². The van der Waals surface area contributed by atoms with Gasteiger partial charge in [0.2, 0.25) is 0 Å². The van der Waals surface area contributed by atoms with Crippen LogP contribution in [-0.2, 0) is 46.5 Å². The molecule has 8 aliphatic carbocycles. The molecule has 71 heavy (non-hydrogen) atoms. The van der Waals surface area contributed by atoms with Crippen molar-refractivity contribution in [3.8, 4) is 0 Å². The van der Waals surface area contributed by atoms with E-state index < -0.39 is 22.5 Å². The Kier molecular flexibility index (Phi) is 12.0. The molecule has 10 fully saturated rings. The van der Waals surface area contributed by atoms with E-state index in [2.05, 4.69) is 97.9 Å². The molecule has 2 aliphatic heterocycles. The zero-order chi connectivity index (χ0) is 49.1. The first-order chi connectivity index (χ1) is 34.6. The lowest BCUT2D eigenvalue weighted by Crippen LogP contribution is -2.53. The Hall–Kier alpha value is -6.55. The quantitative estimate of drug-likeness (QED) is 0.104. The molecule has 10 aliphatic rings. The number of aliphatic carboxylic acids is 1. The Morgan fingerprint density at radius 1 is 0.507 bits per heavy atom. The summed E-state index contributed by atoms with van der Waals surface area (Å²) in [5.41, 5.74) is 4.21. The summed E-state index contributed by atoms with van der Waals surface area (Å²) in [4.78, 5) is 73.4. The van der Waals surface area contributed by atoms with E-state index in [4.69, 9.17) is 0 Å². The van der Waals surface area contributed by atoms with Crippen LogP contribution >= 0.6 is 0 Å². The van der Waals surface area contributed by atoms with Crippen LogP contribution in [0.3, 0.4) is 0 Å². The molecule has 10 heteroatoms. The first kappa shape index (κ1) is 46.8. The number of hydrogen-bond acceptors (Lipinski definition) is 5. The summed E-state index contributed by atoms with van der Waals surface area (Å²) >= 11 is 0. The average Bonchev–Trinajstić information content (AvgIpc) is 3.84. The van der Waals surface area contributed by atoms with Crippen LogP contribution in [0.2, 0.25) is 0 Å². The molecule has 6 amide bonds. The van der Waals surface area contributed by atoms with Crippen molar-refractivity contribution in [2.75, 3.05) is 26.2 Å². The van der Waals surface area contributed by atoms with E-state index in [0.29, 0.717) is 63.2 Å². The first-order valence-corrected chi connectivity index (χ1v) is 26.3. The Morgan fingerprint density at radius 3 is 1.32 bits per heavy atom. The molecule has 5 aromatic carbocycles. The van der Waals surface area contributed by atoms with Gasteiger partial charge >= 0.3 is 18.0 Å². The second-order valence-corrected chi connectivity index (χ2v) is 21.6. The van der Waals surface area contributed by atoms with E-state index in [9.17, 15) is 29.1 Å². The maximum atomic E-state index is 14.3. The number of imide groups is 2. The molecule has 10 atom stereocenters. The van der Waals surface area contributed by atoms with Crippen LogP contribution in [0, 0.1) is 46.3 Å². The summed E-state index contributed by atoms with van der Waals surface area (Å²) < 4.78 is 0. The molecule has 366 valence electrons. The molecular formula is C61H66N4O6. The largest absolute Gasteiger partial charge is 0.481 e. The highest BCUT2D eigenvalue weighted by atomic mass is 16.4. The average molecular weight is 951 g/mol. The summed E-state index contributed by atoms with van der Waals surface area (Å²) in [7, 11) is 0. The van der Waals surface area contributed by atoms with E-state index in [0.717, 1.165) is 50.5 Å². The molecule has 5 aromatic rings. The third-order valence-electron chi connectivity index (χ3n) is 18.7. The van der Waals surface area contributed by atoms with E-state index >= 15 is 0 Å². The highest BCUT2D eigenvalue weighted by molar-refractivity contribution is 6.10. The van der Waals surface area contributed by atoms with E-state index in [1.807, 2.05) is 72.5 Å². The number of rotatable bonds is 15. The molecule has 2 spiro atoms. The van der Waals surface area contributed by atoms with Gasteiger partial charge in [-0.25, -0.2) is 9.59 Å². The Morgan fingerprint density at radius 2 is 0.915 bits per heavy atom. The van der Waals surface area contributed by atoms with Crippen LogP contribution in [0.1, 0.15) is 73.8 Å². The number of hydrogen-bond donors (Lipinski definition) is 1. The minimum absolute atomic E-state index is 0.00766. The maximum Gasteiger partial charge on any atom is 0.327 e. The molecule has 2 saturated heterocycles. The molecular weight excluding hydrogens is 885 g/mol. The normalized spacial score (nSPS) is 31.6. The van der Waals surface area contributed by atoms with E-state index in [1.54, 1.807) is 9.80 Å². The molecule has 2 heterocycles. The first-order valence-electron chi connectivity index (χ1n) is 26.3. The summed E-state index contributed by atoms with van der Waals surface area (Å²) in [6.07, 6.45) is 8.95. The molecule has 10 nitrogen and oxygen atoms in total. The topological polar surface area (TPSA) is 119 Å². The fraction of sp³-hybridized carbons (Fsp3) is 0.426. The number of benzene rings is 5. The molecule has 0 radical (unpaired) electrons. The number of amides is 6.